The first-order chi connectivity index (χ1) is 12.0. The summed E-state index contributed by atoms with van der Waals surface area (Å²) in [5.74, 6) is 1.22. The van der Waals surface area contributed by atoms with Crippen LogP contribution in [0.4, 0.5) is 5.69 Å². The molecule has 0 aliphatic rings. The molecule has 132 valence electrons. The minimum Gasteiger partial charge on any atom is -0.507 e. The van der Waals surface area contributed by atoms with Gasteiger partial charge in [0.2, 0.25) is 5.88 Å². The van der Waals surface area contributed by atoms with Crippen molar-refractivity contribution in [1.82, 2.24) is 4.57 Å². The number of aromatic hydroxyl groups is 2. The van der Waals surface area contributed by atoms with Crippen molar-refractivity contribution < 1.29 is 15.0 Å². The molecule has 0 atom stereocenters. The molecule has 1 amide bonds. The van der Waals surface area contributed by atoms with Gasteiger partial charge in [-0.1, -0.05) is 35.7 Å². The number of benzene rings is 2. The maximum absolute atomic E-state index is 12.2. The number of phenols is 1. The molecule has 1 heterocycles. The van der Waals surface area contributed by atoms with Crippen LogP contribution in [-0.4, -0.2) is 20.7 Å². The summed E-state index contributed by atoms with van der Waals surface area (Å²) in [6, 6.07) is 11.1. The summed E-state index contributed by atoms with van der Waals surface area (Å²) in [5.41, 5.74) is 0.716. The Kier molecular flexibility index (Phi) is 5.88. The Labute approximate surface area is 160 Å². The van der Waals surface area contributed by atoms with Gasteiger partial charge in [0.25, 0.3) is 5.91 Å². The molecule has 0 saturated carbocycles. The van der Waals surface area contributed by atoms with E-state index in [9.17, 15) is 15.0 Å². The van der Waals surface area contributed by atoms with E-state index < -0.39 is 5.91 Å². The van der Waals surface area contributed by atoms with Gasteiger partial charge in [-0.3, -0.25) is 9.36 Å². The molecule has 2 aromatic carbocycles. The number of amides is 1. The van der Waals surface area contributed by atoms with Gasteiger partial charge in [0, 0.05) is 10.4 Å². The monoisotopic (exact) mass is 389 g/mol. The van der Waals surface area contributed by atoms with E-state index in [4.69, 9.17) is 18.0 Å². The lowest BCUT2D eigenvalue weighted by atomic mass is 10.2. The second kappa shape index (κ2) is 7.91. The van der Waals surface area contributed by atoms with Crippen molar-refractivity contribution in [3.05, 3.63) is 53.1 Å². The molecular weight excluding hydrogens is 377 g/mol. The summed E-state index contributed by atoms with van der Waals surface area (Å²) in [6.07, 6.45) is 5.33. The number of carbonyl (C=O) groups is 1. The highest BCUT2D eigenvalue weighted by atomic mass is 35.5. The van der Waals surface area contributed by atoms with E-state index >= 15 is 0 Å². The first-order valence-electron chi connectivity index (χ1n) is 7.21. The number of nitrogens with zero attached hydrogens (tertiary/aromatic N) is 3. The van der Waals surface area contributed by atoms with Crippen molar-refractivity contribution in [3.8, 4) is 24.0 Å². The minimum atomic E-state index is -0.784. The molecule has 0 spiro atoms. The normalized spacial score (nSPS) is 10.6. The molecule has 0 unspecified atom stereocenters. The average molecular weight is 390 g/mol. The molecule has 26 heavy (non-hydrogen) atoms. The number of fused-ring (bicyclic) bond motifs is 1. The van der Waals surface area contributed by atoms with Crippen LogP contribution < -0.4 is 0 Å². The summed E-state index contributed by atoms with van der Waals surface area (Å²) < 4.78 is 1.49. The van der Waals surface area contributed by atoms with Crippen LogP contribution in [-0.2, 0) is 6.54 Å². The van der Waals surface area contributed by atoms with Crippen LogP contribution in [0.3, 0.4) is 0 Å². The fraction of sp³-hybridized carbons (Fsp3) is 0.0556. The zero-order valence-electron chi connectivity index (χ0n) is 13.3. The van der Waals surface area contributed by atoms with Crippen LogP contribution in [0.1, 0.15) is 10.4 Å². The van der Waals surface area contributed by atoms with E-state index in [0.29, 0.717) is 10.9 Å². The van der Waals surface area contributed by atoms with Gasteiger partial charge in [-0.15, -0.1) is 29.1 Å². The van der Waals surface area contributed by atoms with Crippen LogP contribution in [0, 0.1) is 12.3 Å². The predicted molar refractivity (Wildman–Crippen MR) is 102 cm³/mol. The number of halogens is 2. The lowest BCUT2D eigenvalue weighted by molar-refractivity contribution is 0.0992. The number of phenolic OH excluding ortho intramolecular Hbond substituents is 1. The minimum absolute atomic E-state index is 0. The van der Waals surface area contributed by atoms with Crippen LogP contribution in [0.2, 0.25) is 5.02 Å². The van der Waals surface area contributed by atoms with E-state index in [1.54, 1.807) is 24.3 Å². The Morgan fingerprint density at radius 2 is 1.96 bits per heavy atom. The average Bonchev–Trinajstić information content (AvgIpc) is 2.87. The molecule has 3 rings (SSSR count). The molecule has 0 radical (unpaired) electrons. The predicted octanol–water partition coefficient (Wildman–Crippen LogP) is 4.69. The van der Waals surface area contributed by atoms with E-state index in [1.165, 1.54) is 22.8 Å². The van der Waals surface area contributed by atoms with Crippen molar-refractivity contribution >= 4 is 46.5 Å². The number of hydrogen-bond acceptors (Lipinski definition) is 4. The third-order valence-electron chi connectivity index (χ3n) is 3.60. The van der Waals surface area contributed by atoms with E-state index in [-0.39, 0.29) is 46.9 Å². The topological polar surface area (TPSA) is 87.2 Å². The Balaban J connectivity index is 0.00000243. The van der Waals surface area contributed by atoms with Gasteiger partial charge >= 0.3 is 0 Å². The number of para-hydroxylation sites is 1. The van der Waals surface area contributed by atoms with Gasteiger partial charge in [0.1, 0.15) is 5.75 Å². The zero-order valence-corrected chi connectivity index (χ0v) is 14.8. The third-order valence-corrected chi connectivity index (χ3v) is 3.83. The molecule has 6 nitrogen and oxygen atoms in total. The smallest absolute Gasteiger partial charge is 0.299 e. The highest BCUT2D eigenvalue weighted by Crippen LogP contribution is 2.38. The maximum Gasteiger partial charge on any atom is 0.299 e. The molecular formula is C18H13Cl2N3O3. The van der Waals surface area contributed by atoms with Crippen LogP contribution in [0.25, 0.3) is 10.9 Å². The number of terminal acetylenes is 1. The lowest BCUT2D eigenvalue weighted by Gasteiger charge is -2.00. The Morgan fingerprint density at radius 1 is 1.23 bits per heavy atom. The van der Waals surface area contributed by atoms with Gasteiger partial charge in [-0.25, -0.2) is 0 Å². The Morgan fingerprint density at radius 3 is 2.69 bits per heavy atom. The first-order valence-corrected chi connectivity index (χ1v) is 7.59. The standard InChI is InChI=1S/C18H12ClN3O3.ClH/c1-2-9-22-14-6-4-3-5-12(14)16(18(22)25)20-21-17(24)13-10-11(19)7-8-15(13)23;/h1,3-8,10,23,25H,9H2;1H. The van der Waals surface area contributed by atoms with E-state index in [1.807, 2.05) is 0 Å². The van der Waals surface area contributed by atoms with Crippen LogP contribution in [0.5, 0.6) is 11.6 Å². The highest BCUT2D eigenvalue weighted by molar-refractivity contribution is 6.31. The maximum atomic E-state index is 12.2. The number of azo groups is 1. The lowest BCUT2D eigenvalue weighted by Crippen LogP contribution is -1.94. The highest BCUT2D eigenvalue weighted by Gasteiger charge is 2.17. The summed E-state index contributed by atoms with van der Waals surface area (Å²) in [4.78, 5) is 12.2. The molecule has 3 aromatic rings. The van der Waals surface area contributed by atoms with Crippen molar-refractivity contribution in [3.63, 3.8) is 0 Å². The largest absolute Gasteiger partial charge is 0.507 e. The van der Waals surface area contributed by atoms with Crippen molar-refractivity contribution in [2.24, 2.45) is 10.2 Å². The third kappa shape index (κ3) is 3.49. The van der Waals surface area contributed by atoms with Crippen molar-refractivity contribution in [1.29, 1.82) is 0 Å². The van der Waals surface area contributed by atoms with Crippen molar-refractivity contribution in [2.75, 3.05) is 0 Å². The van der Waals surface area contributed by atoms with E-state index in [0.717, 1.165) is 0 Å². The molecule has 0 fully saturated rings. The molecule has 0 bridgehead atoms. The van der Waals surface area contributed by atoms with Gasteiger partial charge in [0.15, 0.2) is 5.69 Å². The molecule has 0 aliphatic heterocycles. The SMILES string of the molecule is C#CCn1c(O)c(N=NC(=O)c2cc(Cl)ccc2O)c2ccccc21.Cl. The van der Waals surface area contributed by atoms with Crippen LogP contribution in [0.15, 0.2) is 52.7 Å². The Hall–Kier alpha value is -3.01. The summed E-state index contributed by atoms with van der Waals surface area (Å²) >= 11 is 5.82. The quantitative estimate of drug-likeness (QED) is 0.503. The number of hydrogen-bond donors (Lipinski definition) is 2. The number of rotatable bonds is 3. The van der Waals surface area contributed by atoms with E-state index in [2.05, 4.69) is 16.1 Å². The zero-order chi connectivity index (χ0) is 18.0. The fourth-order valence-corrected chi connectivity index (χ4v) is 2.62. The first kappa shape index (κ1) is 19.3. The second-order valence-electron chi connectivity index (χ2n) is 5.15. The number of carbonyl (C=O) groups excluding carboxylic acids is 1. The van der Waals surface area contributed by atoms with Gasteiger partial charge in [0.05, 0.1) is 17.6 Å². The number of aromatic nitrogens is 1. The summed E-state index contributed by atoms with van der Waals surface area (Å²) in [6.45, 7) is 0.144. The van der Waals surface area contributed by atoms with Crippen molar-refractivity contribution in [2.45, 2.75) is 6.54 Å². The summed E-state index contributed by atoms with van der Waals surface area (Å²) in [5, 5.41) is 28.4. The van der Waals surface area contributed by atoms with Gasteiger partial charge in [-0.05, 0) is 24.3 Å². The van der Waals surface area contributed by atoms with Gasteiger partial charge in [-0.2, -0.15) is 0 Å². The van der Waals surface area contributed by atoms with Gasteiger partial charge < -0.3 is 10.2 Å². The van der Waals surface area contributed by atoms with Crippen LogP contribution >= 0.6 is 24.0 Å². The second-order valence-corrected chi connectivity index (χ2v) is 5.58. The molecule has 8 heteroatoms. The molecule has 0 aliphatic carbocycles. The fourth-order valence-electron chi connectivity index (χ4n) is 2.45. The molecule has 2 N–H and O–H groups in total. The molecule has 0 saturated heterocycles. The summed E-state index contributed by atoms with van der Waals surface area (Å²) in [7, 11) is 0. The Bertz CT molecular complexity index is 1050. The molecule has 1 aromatic heterocycles.